The second-order valence-electron chi connectivity index (χ2n) is 4.45. The first-order chi connectivity index (χ1) is 6.96. The SMILES string of the molecule is CC(C)(C)Nc1nc(Br)cn2ccnc12. The molecule has 0 amide bonds. The van der Waals surface area contributed by atoms with Gasteiger partial charge >= 0.3 is 0 Å². The van der Waals surface area contributed by atoms with Crippen molar-refractivity contribution in [2.75, 3.05) is 5.32 Å². The molecule has 0 spiro atoms. The first kappa shape index (κ1) is 10.4. The molecule has 0 atom stereocenters. The van der Waals surface area contributed by atoms with E-state index in [1.165, 1.54) is 0 Å². The quantitative estimate of drug-likeness (QED) is 0.865. The molecule has 2 heterocycles. The molecule has 2 aromatic heterocycles. The minimum atomic E-state index is -0.0275. The number of hydrogen-bond acceptors (Lipinski definition) is 3. The number of halogens is 1. The fraction of sp³-hybridized carbons (Fsp3) is 0.400. The average Bonchev–Trinajstić information content (AvgIpc) is 2.48. The molecule has 5 heteroatoms. The van der Waals surface area contributed by atoms with Gasteiger partial charge in [0.15, 0.2) is 11.5 Å². The van der Waals surface area contributed by atoms with Crippen molar-refractivity contribution in [3.63, 3.8) is 0 Å². The van der Waals surface area contributed by atoms with Crippen LogP contribution in [-0.2, 0) is 0 Å². The highest BCUT2D eigenvalue weighted by molar-refractivity contribution is 9.10. The number of nitrogens with zero attached hydrogens (tertiary/aromatic N) is 3. The van der Waals surface area contributed by atoms with E-state index in [-0.39, 0.29) is 5.54 Å². The van der Waals surface area contributed by atoms with Crippen molar-refractivity contribution in [1.82, 2.24) is 14.4 Å². The molecule has 15 heavy (non-hydrogen) atoms. The molecule has 80 valence electrons. The lowest BCUT2D eigenvalue weighted by atomic mass is 10.1. The van der Waals surface area contributed by atoms with Crippen LogP contribution < -0.4 is 5.32 Å². The predicted molar refractivity (Wildman–Crippen MR) is 64.1 cm³/mol. The largest absolute Gasteiger partial charge is 0.362 e. The molecule has 0 unspecified atom stereocenters. The molecule has 0 saturated carbocycles. The predicted octanol–water partition coefficient (Wildman–Crippen LogP) is 2.70. The van der Waals surface area contributed by atoms with Gasteiger partial charge in [-0.05, 0) is 36.7 Å². The first-order valence-corrected chi connectivity index (χ1v) is 5.52. The van der Waals surface area contributed by atoms with Crippen molar-refractivity contribution in [2.45, 2.75) is 26.3 Å². The molecule has 2 aromatic rings. The number of anilines is 1. The number of nitrogens with one attached hydrogen (secondary N) is 1. The van der Waals surface area contributed by atoms with Crippen molar-refractivity contribution in [2.24, 2.45) is 0 Å². The summed E-state index contributed by atoms with van der Waals surface area (Å²) in [5, 5.41) is 3.33. The van der Waals surface area contributed by atoms with Gasteiger partial charge in [0, 0.05) is 24.1 Å². The van der Waals surface area contributed by atoms with Gasteiger partial charge in [-0.1, -0.05) is 0 Å². The van der Waals surface area contributed by atoms with E-state index in [0.717, 1.165) is 16.1 Å². The van der Waals surface area contributed by atoms with Gasteiger partial charge in [0.1, 0.15) is 4.60 Å². The van der Waals surface area contributed by atoms with Gasteiger partial charge in [0.25, 0.3) is 0 Å². The smallest absolute Gasteiger partial charge is 0.180 e. The van der Waals surface area contributed by atoms with E-state index in [4.69, 9.17) is 0 Å². The van der Waals surface area contributed by atoms with Gasteiger partial charge in [-0.15, -0.1) is 0 Å². The highest BCUT2D eigenvalue weighted by Crippen LogP contribution is 2.20. The van der Waals surface area contributed by atoms with Crippen molar-refractivity contribution in [3.8, 4) is 0 Å². The molecule has 0 radical (unpaired) electrons. The monoisotopic (exact) mass is 268 g/mol. The number of aromatic nitrogens is 3. The minimum Gasteiger partial charge on any atom is -0.362 e. The van der Waals surface area contributed by atoms with E-state index >= 15 is 0 Å². The summed E-state index contributed by atoms with van der Waals surface area (Å²) in [6.07, 6.45) is 5.54. The summed E-state index contributed by atoms with van der Waals surface area (Å²) in [6.45, 7) is 6.28. The topological polar surface area (TPSA) is 42.2 Å². The Balaban J connectivity index is 2.53. The summed E-state index contributed by atoms with van der Waals surface area (Å²) in [7, 11) is 0. The van der Waals surface area contributed by atoms with Crippen molar-refractivity contribution in [1.29, 1.82) is 0 Å². The van der Waals surface area contributed by atoms with Crippen LogP contribution in [0.15, 0.2) is 23.2 Å². The van der Waals surface area contributed by atoms with Gasteiger partial charge in [0.05, 0.1) is 0 Å². The number of imidazole rings is 1. The Morgan fingerprint density at radius 1 is 1.40 bits per heavy atom. The molecule has 0 aliphatic rings. The Morgan fingerprint density at radius 2 is 2.13 bits per heavy atom. The highest BCUT2D eigenvalue weighted by Gasteiger charge is 2.14. The molecule has 1 N–H and O–H groups in total. The Kier molecular flexibility index (Phi) is 2.42. The third-order valence-electron chi connectivity index (χ3n) is 1.84. The molecule has 0 fully saturated rings. The number of hydrogen-bond donors (Lipinski definition) is 1. The summed E-state index contributed by atoms with van der Waals surface area (Å²) in [5.41, 5.74) is 0.813. The fourth-order valence-corrected chi connectivity index (χ4v) is 1.74. The van der Waals surface area contributed by atoms with Crippen molar-refractivity contribution >= 4 is 27.4 Å². The van der Waals surface area contributed by atoms with Crippen LogP contribution in [0.25, 0.3) is 5.65 Å². The van der Waals surface area contributed by atoms with Gasteiger partial charge in [-0.25, -0.2) is 9.97 Å². The van der Waals surface area contributed by atoms with Crippen LogP contribution >= 0.6 is 15.9 Å². The van der Waals surface area contributed by atoms with E-state index in [2.05, 4.69) is 52.0 Å². The summed E-state index contributed by atoms with van der Waals surface area (Å²) in [5.74, 6) is 0.793. The Morgan fingerprint density at radius 3 is 2.80 bits per heavy atom. The highest BCUT2D eigenvalue weighted by atomic mass is 79.9. The molecular formula is C10H13BrN4. The fourth-order valence-electron chi connectivity index (χ4n) is 1.34. The van der Waals surface area contributed by atoms with E-state index in [9.17, 15) is 0 Å². The molecule has 0 aliphatic carbocycles. The normalized spacial score (nSPS) is 12.0. The molecular weight excluding hydrogens is 256 g/mol. The summed E-state index contributed by atoms with van der Waals surface area (Å²) < 4.78 is 2.73. The molecule has 2 rings (SSSR count). The van der Waals surface area contributed by atoms with Gasteiger partial charge in [-0.2, -0.15) is 0 Å². The molecule has 0 aromatic carbocycles. The van der Waals surface area contributed by atoms with Crippen LogP contribution in [0.4, 0.5) is 5.82 Å². The van der Waals surface area contributed by atoms with E-state index in [0.29, 0.717) is 0 Å². The van der Waals surface area contributed by atoms with Crippen LogP contribution in [-0.4, -0.2) is 19.9 Å². The average molecular weight is 269 g/mol. The van der Waals surface area contributed by atoms with Crippen LogP contribution in [0.1, 0.15) is 20.8 Å². The molecule has 0 bridgehead atoms. The third kappa shape index (κ3) is 2.28. The van der Waals surface area contributed by atoms with E-state index < -0.39 is 0 Å². The second kappa shape index (κ2) is 3.48. The van der Waals surface area contributed by atoms with Gasteiger partial charge in [0.2, 0.25) is 0 Å². The van der Waals surface area contributed by atoms with Crippen LogP contribution in [0.3, 0.4) is 0 Å². The van der Waals surface area contributed by atoms with E-state index in [1.807, 2.05) is 16.8 Å². The summed E-state index contributed by atoms with van der Waals surface area (Å²) >= 11 is 3.38. The lowest BCUT2D eigenvalue weighted by Gasteiger charge is -2.21. The second-order valence-corrected chi connectivity index (χ2v) is 5.26. The molecule has 4 nitrogen and oxygen atoms in total. The zero-order valence-corrected chi connectivity index (χ0v) is 10.5. The van der Waals surface area contributed by atoms with Gasteiger partial charge < -0.3 is 9.72 Å². The van der Waals surface area contributed by atoms with Crippen LogP contribution in [0.2, 0.25) is 0 Å². The lowest BCUT2D eigenvalue weighted by molar-refractivity contribution is 0.630. The zero-order chi connectivity index (χ0) is 11.1. The van der Waals surface area contributed by atoms with Crippen LogP contribution in [0, 0.1) is 0 Å². The standard InChI is InChI=1S/C10H13BrN4/c1-10(2,3)14-8-9-12-4-5-15(9)6-7(11)13-8/h4-6H,1-3H3,(H,13,14). The maximum absolute atomic E-state index is 4.38. The van der Waals surface area contributed by atoms with Crippen molar-refractivity contribution < 1.29 is 0 Å². The van der Waals surface area contributed by atoms with Crippen LogP contribution in [0.5, 0.6) is 0 Å². The summed E-state index contributed by atoms with van der Waals surface area (Å²) in [6, 6.07) is 0. The van der Waals surface area contributed by atoms with E-state index in [1.54, 1.807) is 6.20 Å². The maximum atomic E-state index is 4.38. The molecule has 0 saturated heterocycles. The Hall–Kier alpha value is -1.10. The first-order valence-electron chi connectivity index (χ1n) is 4.73. The third-order valence-corrected chi connectivity index (χ3v) is 2.22. The van der Waals surface area contributed by atoms with Crippen molar-refractivity contribution in [3.05, 3.63) is 23.2 Å². The zero-order valence-electron chi connectivity index (χ0n) is 8.95. The summed E-state index contributed by atoms with van der Waals surface area (Å²) in [4.78, 5) is 8.64. The maximum Gasteiger partial charge on any atom is 0.180 e. The number of fused-ring (bicyclic) bond motifs is 1. The molecule has 0 aliphatic heterocycles. The lowest BCUT2D eigenvalue weighted by Crippen LogP contribution is -2.27. The Bertz CT molecular complexity index is 484. The minimum absolute atomic E-state index is 0.0275. The number of rotatable bonds is 1. The van der Waals surface area contributed by atoms with Gasteiger partial charge in [-0.3, -0.25) is 0 Å². The Labute approximate surface area is 96.9 Å².